The molecule has 0 bridgehead atoms. The van der Waals surface area contributed by atoms with Gasteiger partial charge in [0.1, 0.15) is 13.7 Å². The summed E-state index contributed by atoms with van der Waals surface area (Å²) in [6.45, 7) is 7.38. The Labute approximate surface area is 182 Å². The van der Waals surface area contributed by atoms with E-state index >= 15 is 0 Å². The van der Waals surface area contributed by atoms with Crippen LogP contribution in [0.25, 0.3) is 0 Å². The summed E-state index contributed by atoms with van der Waals surface area (Å²) >= 11 is 0. The lowest BCUT2D eigenvalue weighted by molar-refractivity contribution is -0.120. The maximum Gasteiger partial charge on any atom is 0.164 e. The zero-order valence-corrected chi connectivity index (χ0v) is 17.7. The molecule has 160 valence electrons. The summed E-state index contributed by atoms with van der Waals surface area (Å²) in [7, 11) is 7.94. The Balaban J connectivity index is 2.04. The molecule has 0 amide bonds. The van der Waals surface area contributed by atoms with Crippen molar-refractivity contribution in [3.8, 4) is 0 Å². The van der Waals surface area contributed by atoms with Gasteiger partial charge in [0.2, 0.25) is 0 Å². The summed E-state index contributed by atoms with van der Waals surface area (Å²) in [5, 5.41) is 14.5. The number of aliphatic hydroxyl groups is 1. The zero-order valence-electron chi connectivity index (χ0n) is 17.7. The van der Waals surface area contributed by atoms with E-state index in [1.807, 2.05) is 0 Å². The third-order valence-electron chi connectivity index (χ3n) is 5.18. The van der Waals surface area contributed by atoms with E-state index < -0.39 is 17.1 Å². The zero-order chi connectivity index (χ0) is 23.0. The Morgan fingerprint density at radius 1 is 1.48 bits per heavy atom. The summed E-state index contributed by atoms with van der Waals surface area (Å²) in [5.41, 5.74) is 11.7. The van der Waals surface area contributed by atoms with Crippen LogP contribution in [-0.2, 0) is 12.1 Å². The molecule has 0 aromatic carbocycles. The van der Waals surface area contributed by atoms with Gasteiger partial charge in [0.25, 0.3) is 0 Å². The normalized spacial score (nSPS) is 24.0. The first kappa shape index (κ1) is 22.5. The standard InChI is InChI=1S/C21H25BFN7O/c1-12(7-19(24)26-4)13(2)30-20(3,31)15-8-14(10-28-18(15)9-21(30,22)25)29-17-5-6-27-11-16(17)23/h5-8,10-11,31H,2,9,25H2,1,3-4H3,(H2,24,26)(H,27,29)/b12-7-. The van der Waals surface area contributed by atoms with Crippen LogP contribution in [0, 0.1) is 5.82 Å². The fraction of sp³-hybridized carbons (Fsp3) is 0.286. The Morgan fingerprint density at radius 2 is 2.19 bits per heavy atom. The van der Waals surface area contributed by atoms with Crippen molar-refractivity contribution >= 4 is 25.1 Å². The molecular weight excluding hydrogens is 396 g/mol. The first-order chi connectivity index (χ1) is 14.5. The van der Waals surface area contributed by atoms with E-state index in [1.165, 1.54) is 23.4 Å². The van der Waals surface area contributed by atoms with Crippen molar-refractivity contribution in [1.29, 1.82) is 0 Å². The number of anilines is 2. The second-order valence-electron chi connectivity index (χ2n) is 7.65. The minimum absolute atomic E-state index is 0.145. The lowest BCUT2D eigenvalue weighted by atomic mass is 9.74. The summed E-state index contributed by atoms with van der Waals surface area (Å²) in [5.74, 6) is -0.219. The van der Waals surface area contributed by atoms with Gasteiger partial charge in [-0.25, -0.2) is 4.39 Å². The maximum absolute atomic E-state index is 14.0. The number of rotatable bonds is 5. The van der Waals surface area contributed by atoms with Gasteiger partial charge in [-0.3, -0.25) is 15.0 Å². The smallest absolute Gasteiger partial charge is 0.164 e. The molecule has 2 aromatic rings. The van der Waals surface area contributed by atoms with Crippen molar-refractivity contribution in [1.82, 2.24) is 14.9 Å². The molecule has 3 heterocycles. The molecule has 10 heteroatoms. The Morgan fingerprint density at radius 3 is 2.84 bits per heavy atom. The SMILES string of the molecule is [B]C1(N)Cc2ncc(Nc3ccncc3F)cc2C(C)(O)N1C(=C)/C(C)=C\C(N)=NC. The first-order valence-corrected chi connectivity index (χ1v) is 9.53. The van der Waals surface area contributed by atoms with Gasteiger partial charge in [0.15, 0.2) is 11.5 Å². The van der Waals surface area contributed by atoms with E-state index in [9.17, 15) is 9.50 Å². The highest BCUT2D eigenvalue weighted by Gasteiger charge is 2.48. The van der Waals surface area contributed by atoms with Crippen LogP contribution in [0.5, 0.6) is 0 Å². The van der Waals surface area contributed by atoms with Gasteiger partial charge in [-0.2, -0.15) is 0 Å². The van der Waals surface area contributed by atoms with Gasteiger partial charge in [-0.15, -0.1) is 0 Å². The number of allylic oxidation sites excluding steroid dienone is 1. The molecule has 2 unspecified atom stereocenters. The number of fused-ring (bicyclic) bond motifs is 1. The van der Waals surface area contributed by atoms with Crippen molar-refractivity contribution < 1.29 is 9.50 Å². The number of hydrogen-bond donors (Lipinski definition) is 4. The minimum atomic E-state index is -1.66. The molecule has 1 aliphatic heterocycles. The van der Waals surface area contributed by atoms with Crippen LogP contribution in [0.2, 0.25) is 0 Å². The number of halogens is 1. The monoisotopic (exact) mass is 421 g/mol. The molecule has 0 fully saturated rings. The van der Waals surface area contributed by atoms with Crippen LogP contribution < -0.4 is 16.8 Å². The van der Waals surface area contributed by atoms with Gasteiger partial charge in [-0.05, 0) is 37.6 Å². The highest BCUT2D eigenvalue weighted by atomic mass is 19.1. The van der Waals surface area contributed by atoms with Gasteiger partial charge in [0.05, 0.1) is 35.0 Å². The van der Waals surface area contributed by atoms with Gasteiger partial charge in [0, 0.05) is 30.9 Å². The Hall–Kier alpha value is -3.24. The Bertz CT molecular complexity index is 1080. The quantitative estimate of drug-likeness (QED) is 0.250. The number of aromatic nitrogens is 2. The average molecular weight is 421 g/mol. The molecule has 6 N–H and O–H groups in total. The number of pyridine rings is 2. The molecule has 0 saturated heterocycles. The van der Waals surface area contributed by atoms with Crippen molar-refractivity contribution in [2.75, 3.05) is 12.4 Å². The van der Waals surface area contributed by atoms with Crippen LogP contribution >= 0.6 is 0 Å². The third-order valence-corrected chi connectivity index (χ3v) is 5.18. The first-order valence-electron chi connectivity index (χ1n) is 9.53. The molecule has 8 nitrogen and oxygen atoms in total. The number of nitrogens with two attached hydrogens (primary N) is 2. The fourth-order valence-electron chi connectivity index (χ4n) is 3.68. The van der Waals surface area contributed by atoms with Crippen LogP contribution in [0.15, 0.2) is 59.6 Å². The Kier molecular flexibility index (Phi) is 5.88. The number of hydrogen-bond acceptors (Lipinski definition) is 7. The van der Waals surface area contributed by atoms with E-state index in [4.69, 9.17) is 19.3 Å². The molecule has 31 heavy (non-hydrogen) atoms. The summed E-state index contributed by atoms with van der Waals surface area (Å²) < 4.78 is 14.0. The van der Waals surface area contributed by atoms with E-state index in [1.54, 1.807) is 33.0 Å². The maximum atomic E-state index is 14.0. The summed E-state index contributed by atoms with van der Waals surface area (Å²) in [6.07, 6.45) is 5.86. The van der Waals surface area contributed by atoms with Crippen molar-refractivity contribution in [3.05, 3.63) is 71.7 Å². The number of aliphatic imine (C=N–C) groups is 1. The molecule has 2 aromatic heterocycles. The van der Waals surface area contributed by atoms with Gasteiger partial charge < -0.3 is 26.8 Å². The summed E-state index contributed by atoms with van der Waals surface area (Å²) in [4.78, 5) is 13.5. The van der Waals surface area contributed by atoms with E-state index in [0.717, 1.165) is 6.20 Å². The molecule has 3 rings (SSSR count). The highest BCUT2D eigenvalue weighted by Crippen LogP contribution is 2.42. The molecule has 0 saturated carbocycles. The predicted octanol–water partition coefficient (Wildman–Crippen LogP) is 1.61. The molecular formula is C21H25BFN7O. The average Bonchev–Trinajstić information content (AvgIpc) is 2.69. The predicted molar refractivity (Wildman–Crippen MR) is 120 cm³/mol. The van der Waals surface area contributed by atoms with Crippen molar-refractivity contribution in [3.63, 3.8) is 0 Å². The van der Waals surface area contributed by atoms with Gasteiger partial charge in [-0.1, -0.05) is 6.58 Å². The molecule has 0 spiro atoms. The highest BCUT2D eigenvalue weighted by molar-refractivity contribution is 6.15. The second kappa shape index (κ2) is 8.12. The molecule has 2 radical (unpaired) electrons. The topological polar surface area (TPSA) is 126 Å². The minimum Gasteiger partial charge on any atom is -0.384 e. The summed E-state index contributed by atoms with van der Waals surface area (Å²) in [6, 6.07) is 3.18. The third kappa shape index (κ3) is 4.30. The van der Waals surface area contributed by atoms with Crippen molar-refractivity contribution in [2.45, 2.75) is 31.6 Å². The number of nitrogens with one attached hydrogen (secondary N) is 1. The van der Waals surface area contributed by atoms with E-state index in [0.29, 0.717) is 34.1 Å². The van der Waals surface area contributed by atoms with Gasteiger partial charge >= 0.3 is 0 Å². The molecule has 1 aliphatic rings. The van der Waals surface area contributed by atoms with Crippen LogP contribution in [0.1, 0.15) is 25.1 Å². The fourth-order valence-corrected chi connectivity index (χ4v) is 3.68. The molecule has 2 atom stereocenters. The van der Waals surface area contributed by atoms with E-state index in [-0.39, 0.29) is 12.1 Å². The second-order valence-corrected chi connectivity index (χ2v) is 7.65. The van der Waals surface area contributed by atoms with Crippen LogP contribution in [-0.4, -0.2) is 46.3 Å². The number of nitrogens with zero attached hydrogens (tertiary/aromatic N) is 4. The number of amidine groups is 1. The molecule has 0 aliphatic carbocycles. The van der Waals surface area contributed by atoms with Crippen molar-refractivity contribution in [2.24, 2.45) is 16.5 Å². The van der Waals surface area contributed by atoms with E-state index in [2.05, 4.69) is 26.9 Å². The lowest BCUT2D eigenvalue weighted by Gasteiger charge is -2.54. The largest absolute Gasteiger partial charge is 0.384 e. The van der Waals surface area contributed by atoms with Crippen LogP contribution in [0.3, 0.4) is 0 Å². The lowest BCUT2D eigenvalue weighted by Crippen LogP contribution is -2.67. The van der Waals surface area contributed by atoms with Crippen LogP contribution in [0.4, 0.5) is 15.8 Å².